The lowest BCUT2D eigenvalue weighted by Gasteiger charge is -2.32. The zero-order valence-corrected chi connectivity index (χ0v) is 20.9. The first-order valence-electron chi connectivity index (χ1n) is 10.8. The Labute approximate surface area is 194 Å². The molecule has 0 fully saturated rings. The van der Waals surface area contributed by atoms with Gasteiger partial charge in [-0.2, -0.15) is 0 Å². The van der Waals surface area contributed by atoms with Crippen LogP contribution in [0.5, 0.6) is 0 Å². The second-order valence-electron chi connectivity index (χ2n) is 10.0. The number of hydrogen-bond donors (Lipinski definition) is 0. The molecule has 0 saturated heterocycles. The number of benzene rings is 2. The van der Waals surface area contributed by atoms with Crippen LogP contribution in [0.2, 0.25) is 0 Å². The third-order valence-corrected chi connectivity index (χ3v) is 7.14. The van der Waals surface area contributed by atoms with Gasteiger partial charge in [-0.25, -0.2) is 9.59 Å². The summed E-state index contributed by atoms with van der Waals surface area (Å²) in [6.45, 7) is 11.4. The van der Waals surface area contributed by atoms with Crippen LogP contribution in [0.4, 0.5) is 0 Å². The van der Waals surface area contributed by atoms with Gasteiger partial charge in [-0.05, 0) is 52.7 Å². The average molecular weight is 468 g/mol. The second-order valence-corrected chi connectivity index (χ2v) is 11.9. The molecule has 1 heterocycles. The lowest BCUT2D eigenvalue weighted by Crippen LogP contribution is -2.29. The van der Waals surface area contributed by atoms with Gasteiger partial charge in [-0.15, -0.1) is 0 Å². The molecule has 6 nitrogen and oxygen atoms in total. The summed E-state index contributed by atoms with van der Waals surface area (Å²) in [5.74, 6) is 3.93. The fourth-order valence-electron chi connectivity index (χ4n) is 3.75. The molecule has 0 amide bonds. The van der Waals surface area contributed by atoms with Crippen LogP contribution in [0.3, 0.4) is 0 Å². The molecule has 0 saturated carbocycles. The molecule has 0 atom stereocenters. The van der Waals surface area contributed by atoms with E-state index in [2.05, 4.69) is 0 Å². The first-order valence-corrected chi connectivity index (χ1v) is 12.5. The molecule has 0 bridgehead atoms. The van der Waals surface area contributed by atoms with E-state index in [4.69, 9.17) is 9.05 Å². The molecule has 0 aliphatic rings. The number of fused-ring (bicyclic) bond motifs is 1. The van der Waals surface area contributed by atoms with E-state index in [-0.39, 0.29) is 6.16 Å². The monoisotopic (exact) mass is 467 g/mol. The molecule has 0 aliphatic carbocycles. The van der Waals surface area contributed by atoms with E-state index >= 15 is 0 Å². The lowest BCUT2D eigenvalue weighted by molar-refractivity contribution is 0.0485. The van der Waals surface area contributed by atoms with Gasteiger partial charge < -0.3 is 13.6 Å². The van der Waals surface area contributed by atoms with E-state index in [1.165, 1.54) is 0 Å². The van der Waals surface area contributed by atoms with Crippen LogP contribution >= 0.6 is 7.60 Å². The summed E-state index contributed by atoms with van der Waals surface area (Å²) >= 11 is 0. The zero-order valence-electron chi connectivity index (χ0n) is 20.0. The Hall–Kier alpha value is -2.71. The molecular weight excluding hydrogens is 437 g/mol. The van der Waals surface area contributed by atoms with Gasteiger partial charge in [0.2, 0.25) is 0 Å². The summed E-state index contributed by atoms with van der Waals surface area (Å²) in [6.07, 6.45) is 0.135. The number of rotatable bonds is 6. The van der Waals surface area contributed by atoms with Crippen molar-refractivity contribution in [2.75, 3.05) is 0 Å². The predicted molar refractivity (Wildman–Crippen MR) is 129 cm³/mol. The van der Waals surface area contributed by atoms with Crippen LogP contribution < -0.4 is 10.7 Å². The maximum Gasteiger partial charge on any atom is 0.336 e. The molecule has 0 unspecified atom stereocenters. The second kappa shape index (κ2) is 9.27. The van der Waals surface area contributed by atoms with Crippen LogP contribution in [0.25, 0.3) is 10.8 Å². The van der Waals surface area contributed by atoms with Crippen LogP contribution in [0, 0.1) is 0 Å². The van der Waals surface area contributed by atoms with E-state index < -0.39 is 18.8 Å². The molecule has 0 spiro atoms. The van der Waals surface area contributed by atoms with Gasteiger partial charge in [0.15, 0.2) is 11.9 Å². The summed E-state index contributed by atoms with van der Waals surface area (Å²) in [4.78, 5) is 23.3. The van der Waals surface area contributed by atoms with Crippen LogP contribution in [0.1, 0.15) is 52.7 Å². The lowest BCUT2D eigenvalue weighted by atomic mass is 10.1. The Morgan fingerprint density at radius 1 is 0.758 bits per heavy atom. The van der Waals surface area contributed by atoms with E-state index in [0.717, 1.165) is 11.1 Å². The highest BCUT2D eigenvalue weighted by Crippen LogP contribution is 2.56. The van der Waals surface area contributed by atoms with Crippen molar-refractivity contribution in [3.05, 3.63) is 70.4 Å². The first-order chi connectivity index (χ1) is 15.3. The molecular formula is C26H30NO5P. The maximum absolute atomic E-state index is 13.5. The third kappa shape index (κ3) is 6.21. The Bertz CT molecular complexity index is 1290. The molecule has 0 aliphatic heterocycles. The zero-order chi connectivity index (χ0) is 24.4. The number of hydrogen-bond acceptors (Lipinski definition) is 5. The molecule has 7 heteroatoms. The van der Waals surface area contributed by atoms with Crippen molar-refractivity contribution in [3.8, 4) is 0 Å². The molecule has 33 heavy (non-hydrogen) atoms. The van der Waals surface area contributed by atoms with Gasteiger partial charge in [0.1, 0.15) is 10.7 Å². The van der Waals surface area contributed by atoms with Gasteiger partial charge in [0, 0.05) is 17.3 Å². The highest BCUT2D eigenvalue weighted by molar-refractivity contribution is 7.53. The number of aromatic nitrogens is 1. The van der Waals surface area contributed by atoms with E-state index in [0.29, 0.717) is 28.0 Å². The van der Waals surface area contributed by atoms with Crippen LogP contribution in [-0.4, -0.2) is 27.7 Å². The van der Waals surface area contributed by atoms with Crippen molar-refractivity contribution >= 4 is 30.3 Å². The minimum atomic E-state index is -3.42. The van der Waals surface area contributed by atoms with E-state index in [9.17, 15) is 14.2 Å². The van der Waals surface area contributed by atoms with Gasteiger partial charge >= 0.3 is 7.60 Å². The van der Waals surface area contributed by atoms with Crippen molar-refractivity contribution < 1.29 is 23.2 Å². The molecule has 3 rings (SSSR count). The van der Waals surface area contributed by atoms with Crippen LogP contribution in [0.15, 0.2) is 48.5 Å². The highest BCUT2D eigenvalue weighted by atomic mass is 31.2. The first kappa shape index (κ1) is 24.9. The normalized spacial score (nSPS) is 12.5. The minimum Gasteiger partial charge on any atom is -0.318 e. The van der Waals surface area contributed by atoms with Crippen molar-refractivity contribution in [3.63, 3.8) is 0 Å². The van der Waals surface area contributed by atoms with Gasteiger partial charge in [-0.1, -0.05) is 48.5 Å². The molecule has 0 N–H and O–H groups in total. The summed E-state index contributed by atoms with van der Waals surface area (Å²) < 4.78 is 26.9. The SMILES string of the molecule is CC(C)(C)OP(=O)(Cc1ccc(Cn2c(=C=O)c3ccccc3c2=C=O)cc1)OC(C)(C)C. The van der Waals surface area contributed by atoms with Gasteiger partial charge in [-0.3, -0.25) is 4.57 Å². The van der Waals surface area contributed by atoms with Gasteiger partial charge in [0.25, 0.3) is 0 Å². The maximum atomic E-state index is 13.5. The Kier molecular flexibility index (Phi) is 7.00. The predicted octanol–water partition coefficient (Wildman–Crippen LogP) is 4.02. The smallest absolute Gasteiger partial charge is 0.318 e. The summed E-state index contributed by atoms with van der Waals surface area (Å²) in [6, 6.07) is 14.7. The Balaban J connectivity index is 1.92. The van der Waals surface area contributed by atoms with Gasteiger partial charge in [0.05, 0.1) is 17.4 Å². The highest BCUT2D eigenvalue weighted by Gasteiger charge is 2.35. The summed E-state index contributed by atoms with van der Waals surface area (Å²) in [5, 5.41) is 1.97. The van der Waals surface area contributed by atoms with Crippen molar-refractivity contribution in [2.45, 2.75) is 65.5 Å². The summed E-state index contributed by atoms with van der Waals surface area (Å²) in [7, 11) is -3.42. The largest absolute Gasteiger partial charge is 0.336 e. The molecule has 3 aromatic rings. The minimum absolute atomic E-state index is 0.135. The molecule has 2 aromatic carbocycles. The topological polar surface area (TPSA) is 74.6 Å². The molecule has 1 aromatic heterocycles. The van der Waals surface area contributed by atoms with Crippen molar-refractivity contribution in [1.29, 1.82) is 0 Å². The summed E-state index contributed by atoms with van der Waals surface area (Å²) in [5.41, 5.74) is 0.425. The number of nitrogens with zero attached hydrogens (tertiary/aromatic N) is 1. The van der Waals surface area contributed by atoms with Crippen molar-refractivity contribution in [1.82, 2.24) is 4.57 Å². The standard InChI is InChI=1S/C26H30NO5P/c1-25(2,3)31-33(30,32-26(4,5)6)18-20-13-11-19(12-14-20)15-27-23(16-28)21-9-7-8-10-22(21)24(27)17-29/h7-14H,15,18H2,1-6H3. The Morgan fingerprint density at radius 2 is 1.18 bits per heavy atom. The molecule has 174 valence electrons. The average Bonchev–Trinajstić information content (AvgIpc) is 2.98. The third-order valence-electron chi connectivity index (χ3n) is 4.74. The quantitative estimate of drug-likeness (QED) is 0.512. The Morgan fingerprint density at radius 3 is 1.58 bits per heavy atom. The number of carbonyl (C=O) groups excluding carboxylic acids is 2. The van der Waals surface area contributed by atoms with Crippen LogP contribution in [-0.2, 0) is 35.9 Å². The molecule has 0 radical (unpaired) electrons. The fraction of sp³-hybridized carbons (Fsp3) is 0.385. The van der Waals surface area contributed by atoms with E-state index in [1.54, 1.807) is 16.7 Å². The van der Waals surface area contributed by atoms with Crippen molar-refractivity contribution in [2.24, 2.45) is 0 Å². The van der Waals surface area contributed by atoms with E-state index in [1.807, 2.05) is 89.8 Å². The fourth-order valence-corrected chi connectivity index (χ4v) is 6.24.